The molecule has 0 radical (unpaired) electrons. The van der Waals surface area contributed by atoms with Crippen molar-refractivity contribution in [2.24, 2.45) is 5.90 Å². The topological polar surface area (TPSA) is 102 Å². The second-order valence-electron chi connectivity index (χ2n) is 3.76. The largest absolute Gasteiger partial charge is 0.478 e. The molecular weight excluding hydrogens is 281 g/mol. The van der Waals surface area contributed by atoms with Gasteiger partial charge in [-0.05, 0) is 18.2 Å². The van der Waals surface area contributed by atoms with Gasteiger partial charge >= 0.3 is 18.1 Å². The summed E-state index contributed by atoms with van der Waals surface area (Å²) >= 11 is 0. The molecule has 0 saturated carbocycles. The summed E-state index contributed by atoms with van der Waals surface area (Å²) in [7, 11) is 0. The molecule has 0 spiro atoms. The van der Waals surface area contributed by atoms with Crippen molar-refractivity contribution in [3.63, 3.8) is 0 Å². The van der Waals surface area contributed by atoms with Crippen molar-refractivity contribution in [1.82, 2.24) is 0 Å². The van der Waals surface area contributed by atoms with Gasteiger partial charge in [-0.1, -0.05) is 0 Å². The first-order valence-electron chi connectivity index (χ1n) is 5.33. The summed E-state index contributed by atoms with van der Waals surface area (Å²) in [6.07, 6.45) is -5.51. The predicted molar refractivity (Wildman–Crippen MR) is 62.2 cm³/mol. The Morgan fingerprint density at radius 2 is 2.00 bits per heavy atom. The number of carboxylic acid groups (broad SMARTS) is 1. The number of anilines is 1. The number of halogens is 3. The van der Waals surface area contributed by atoms with Crippen molar-refractivity contribution in [1.29, 1.82) is 0 Å². The minimum absolute atomic E-state index is 0.0768. The Morgan fingerprint density at radius 3 is 2.50 bits per heavy atom. The van der Waals surface area contributed by atoms with E-state index in [0.717, 1.165) is 18.2 Å². The summed E-state index contributed by atoms with van der Waals surface area (Å²) in [6, 6.07) is 3.28. The van der Waals surface area contributed by atoms with Crippen LogP contribution in [-0.2, 0) is 4.84 Å². The zero-order valence-corrected chi connectivity index (χ0v) is 10.0. The third-order valence-corrected chi connectivity index (χ3v) is 2.32. The molecule has 0 aliphatic heterocycles. The third kappa shape index (κ3) is 4.43. The zero-order valence-electron chi connectivity index (χ0n) is 10.0. The first kappa shape index (κ1) is 15.8. The lowest BCUT2D eigenvalue weighted by Gasteiger charge is -2.12. The summed E-state index contributed by atoms with van der Waals surface area (Å²) in [4.78, 5) is 26.1. The van der Waals surface area contributed by atoms with E-state index < -0.39 is 31.1 Å². The van der Waals surface area contributed by atoms with Crippen LogP contribution in [0.25, 0.3) is 0 Å². The standard InChI is InChI=1S/C11H11F3N2O4/c12-11(13,14)3-4-16-8-5-6(10(19)20-15)1-2-7(8)9(17)18/h1-2,5,16H,3-4,15H2,(H,17,18). The number of carbonyl (C=O) groups excluding carboxylic acids is 1. The smallest absolute Gasteiger partial charge is 0.390 e. The van der Waals surface area contributed by atoms with Gasteiger partial charge in [0, 0.05) is 12.2 Å². The molecule has 20 heavy (non-hydrogen) atoms. The predicted octanol–water partition coefficient (Wildman–Crippen LogP) is 1.78. The van der Waals surface area contributed by atoms with Crippen LogP contribution in [0, 0.1) is 0 Å². The molecule has 0 unspecified atom stereocenters. The normalized spacial score (nSPS) is 11.0. The SMILES string of the molecule is NOC(=O)c1ccc(C(=O)O)c(NCCC(F)(F)F)c1. The van der Waals surface area contributed by atoms with Crippen molar-refractivity contribution in [2.45, 2.75) is 12.6 Å². The van der Waals surface area contributed by atoms with Gasteiger partial charge in [0.2, 0.25) is 0 Å². The Morgan fingerprint density at radius 1 is 1.35 bits per heavy atom. The van der Waals surface area contributed by atoms with Crippen LogP contribution in [-0.4, -0.2) is 29.8 Å². The molecule has 0 saturated heterocycles. The summed E-state index contributed by atoms with van der Waals surface area (Å²) < 4.78 is 36.1. The first-order chi connectivity index (χ1) is 9.24. The first-order valence-corrected chi connectivity index (χ1v) is 5.33. The Hall–Kier alpha value is -2.29. The molecule has 110 valence electrons. The molecule has 0 heterocycles. The van der Waals surface area contributed by atoms with Crippen molar-refractivity contribution < 1.29 is 32.7 Å². The van der Waals surface area contributed by atoms with Gasteiger partial charge in [-0.25, -0.2) is 9.59 Å². The van der Waals surface area contributed by atoms with Crippen LogP contribution < -0.4 is 11.2 Å². The molecule has 0 atom stereocenters. The molecule has 0 aliphatic rings. The minimum atomic E-state index is -4.37. The molecule has 0 amide bonds. The van der Waals surface area contributed by atoms with Crippen LogP contribution in [0.4, 0.5) is 18.9 Å². The Kier molecular flexibility index (Phi) is 4.92. The van der Waals surface area contributed by atoms with Crippen LogP contribution in [0.2, 0.25) is 0 Å². The molecule has 1 aromatic carbocycles. The maximum absolute atomic E-state index is 12.0. The highest BCUT2D eigenvalue weighted by molar-refractivity contribution is 5.98. The highest BCUT2D eigenvalue weighted by Gasteiger charge is 2.26. The monoisotopic (exact) mass is 292 g/mol. The number of nitrogens with two attached hydrogens (primary N) is 1. The summed E-state index contributed by atoms with van der Waals surface area (Å²) in [5.74, 6) is 2.40. The van der Waals surface area contributed by atoms with Crippen molar-refractivity contribution in [2.75, 3.05) is 11.9 Å². The van der Waals surface area contributed by atoms with Gasteiger partial charge in [0.15, 0.2) is 0 Å². The number of alkyl halides is 3. The highest BCUT2D eigenvalue weighted by atomic mass is 19.4. The quantitative estimate of drug-likeness (QED) is 0.715. The van der Waals surface area contributed by atoms with E-state index in [-0.39, 0.29) is 16.8 Å². The molecule has 4 N–H and O–H groups in total. The van der Waals surface area contributed by atoms with E-state index in [1.807, 2.05) is 0 Å². The van der Waals surface area contributed by atoms with Crippen LogP contribution in [0.15, 0.2) is 18.2 Å². The maximum Gasteiger partial charge on any atom is 0.390 e. The van der Waals surface area contributed by atoms with Gasteiger partial charge in [0.1, 0.15) is 0 Å². The fraction of sp³-hybridized carbons (Fsp3) is 0.273. The van der Waals surface area contributed by atoms with Crippen molar-refractivity contribution >= 4 is 17.6 Å². The third-order valence-electron chi connectivity index (χ3n) is 2.32. The van der Waals surface area contributed by atoms with Gasteiger partial charge in [-0.2, -0.15) is 19.1 Å². The highest BCUT2D eigenvalue weighted by Crippen LogP contribution is 2.22. The fourth-order valence-electron chi connectivity index (χ4n) is 1.41. The molecule has 0 aromatic heterocycles. The number of carboxylic acids is 1. The number of hydrogen-bond donors (Lipinski definition) is 3. The number of nitrogens with one attached hydrogen (secondary N) is 1. The number of carbonyl (C=O) groups is 2. The minimum Gasteiger partial charge on any atom is -0.478 e. The van der Waals surface area contributed by atoms with E-state index in [0.29, 0.717) is 0 Å². The average molecular weight is 292 g/mol. The molecule has 9 heteroatoms. The summed E-state index contributed by atoms with van der Waals surface area (Å²) in [5, 5.41) is 11.2. The molecule has 0 fully saturated rings. The number of benzene rings is 1. The van der Waals surface area contributed by atoms with Gasteiger partial charge < -0.3 is 15.3 Å². The fourth-order valence-corrected chi connectivity index (χ4v) is 1.41. The van der Waals surface area contributed by atoms with Gasteiger partial charge in [-0.15, -0.1) is 0 Å². The van der Waals surface area contributed by atoms with Crippen molar-refractivity contribution in [3.8, 4) is 0 Å². The molecule has 0 bridgehead atoms. The zero-order chi connectivity index (χ0) is 15.3. The van der Waals surface area contributed by atoms with Crippen LogP contribution >= 0.6 is 0 Å². The second-order valence-corrected chi connectivity index (χ2v) is 3.76. The second kappa shape index (κ2) is 6.24. The average Bonchev–Trinajstić information content (AvgIpc) is 2.35. The molecular formula is C11H11F3N2O4. The number of rotatable bonds is 5. The van der Waals surface area contributed by atoms with E-state index in [9.17, 15) is 22.8 Å². The molecule has 0 aliphatic carbocycles. The summed E-state index contributed by atoms with van der Waals surface area (Å²) in [6.45, 7) is -0.523. The van der Waals surface area contributed by atoms with Gasteiger partial charge in [-0.3, -0.25) is 0 Å². The van der Waals surface area contributed by atoms with E-state index in [4.69, 9.17) is 5.11 Å². The Balaban J connectivity index is 2.94. The van der Waals surface area contributed by atoms with Crippen LogP contribution in [0.3, 0.4) is 0 Å². The van der Waals surface area contributed by atoms with Gasteiger partial charge in [0.25, 0.3) is 0 Å². The lowest BCUT2D eigenvalue weighted by Crippen LogP contribution is -2.17. The van der Waals surface area contributed by atoms with Gasteiger partial charge in [0.05, 0.1) is 17.5 Å². The lowest BCUT2D eigenvalue weighted by atomic mass is 10.1. The molecule has 1 aromatic rings. The van der Waals surface area contributed by atoms with E-state index in [2.05, 4.69) is 16.1 Å². The van der Waals surface area contributed by atoms with Crippen molar-refractivity contribution in [3.05, 3.63) is 29.3 Å². The van der Waals surface area contributed by atoms with E-state index in [1.54, 1.807) is 0 Å². The summed E-state index contributed by atoms with van der Waals surface area (Å²) in [5.41, 5.74) is -0.461. The number of aromatic carboxylic acids is 1. The van der Waals surface area contributed by atoms with E-state index >= 15 is 0 Å². The molecule has 1 rings (SSSR count). The number of hydrogen-bond acceptors (Lipinski definition) is 5. The Labute approximate surface area is 111 Å². The van der Waals surface area contributed by atoms with Crippen LogP contribution in [0.1, 0.15) is 27.1 Å². The lowest BCUT2D eigenvalue weighted by molar-refractivity contribution is -0.131. The maximum atomic E-state index is 12.0. The Bertz CT molecular complexity index is 517. The van der Waals surface area contributed by atoms with E-state index in [1.165, 1.54) is 0 Å². The van der Waals surface area contributed by atoms with Crippen LogP contribution in [0.5, 0.6) is 0 Å². The molecule has 6 nitrogen and oxygen atoms in total.